The average molecular weight is 583 g/mol. The van der Waals surface area contributed by atoms with Crippen LogP contribution in [0.3, 0.4) is 0 Å². The molecule has 208 valence electrons. The van der Waals surface area contributed by atoms with E-state index >= 15 is 0 Å². The van der Waals surface area contributed by atoms with Crippen molar-refractivity contribution < 1.29 is 35.9 Å². The van der Waals surface area contributed by atoms with Crippen molar-refractivity contribution in [2.75, 3.05) is 34.9 Å². The van der Waals surface area contributed by atoms with Gasteiger partial charge in [0.05, 0.1) is 53.6 Å². The fraction of sp³-hybridized carbons (Fsp3) is 0.478. The van der Waals surface area contributed by atoms with Crippen LogP contribution in [0.25, 0.3) is 11.5 Å². The summed E-state index contributed by atoms with van der Waals surface area (Å²) in [5, 5.41) is 6.05. The Bertz CT molecular complexity index is 1470. The summed E-state index contributed by atoms with van der Waals surface area (Å²) in [7, 11) is -3.02. The molecule has 2 amide bonds. The largest absolute Gasteiger partial charge is 0.422 e. The Morgan fingerprint density at radius 1 is 1.21 bits per heavy atom. The van der Waals surface area contributed by atoms with Crippen molar-refractivity contribution in [3.05, 3.63) is 35.0 Å². The molecule has 12 nitrogen and oxygen atoms in total. The Morgan fingerprint density at radius 3 is 2.82 bits per heavy atom. The fourth-order valence-electron chi connectivity index (χ4n) is 4.99. The molecule has 2 saturated heterocycles. The summed E-state index contributed by atoms with van der Waals surface area (Å²) in [6.45, 7) is -2.20. The Hall–Kier alpha value is -3.37. The molecular weight excluding hydrogens is 558 g/mol. The number of alkyl halides is 2. The van der Waals surface area contributed by atoms with Gasteiger partial charge in [-0.1, -0.05) is 17.4 Å². The predicted octanol–water partition coefficient (Wildman–Crippen LogP) is 3.00. The van der Waals surface area contributed by atoms with Crippen molar-refractivity contribution in [1.29, 1.82) is 0 Å². The van der Waals surface area contributed by atoms with E-state index in [0.717, 1.165) is 10.6 Å². The number of anilines is 2. The molecule has 6 heterocycles. The summed E-state index contributed by atoms with van der Waals surface area (Å²) >= 11 is 1.33. The van der Waals surface area contributed by atoms with Gasteiger partial charge in [0.2, 0.25) is 5.88 Å². The Balaban J connectivity index is 1.17. The number of urea groups is 1. The third-order valence-electron chi connectivity index (χ3n) is 6.78. The summed E-state index contributed by atoms with van der Waals surface area (Å²) in [6, 6.07) is 3.82. The molecule has 0 spiro atoms. The van der Waals surface area contributed by atoms with Crippen molar-refractivity contribution in [1.82, 2.24) is 20.3 Å². The number of fused-ring (bicyclic) bond motifs is 4. The lowest BCUT2D eigenvalue weighted by Crippen LogP contribution is -2.51. The second kappa shape index (κ2) is 10.3. The zero-order chi connectivity index (χ0) is 27.1. The maximum atomic E-state index is 12.6. The van der Waals surface area contributed by atoms with Crippen molar-refractivity contribution in [3.8, 4) is 17.3 Å². The van der Waals surface area contributed by atoms with Gasteiger partial charge < -0.3 is 24.1 Å². The van der Waals surface area contributed by atoms with E-state index in [1.54, 1.807) is 6.07 Å². The molecule has 0 unspecified atom stereocenters. The lowest BCUT2D eigenvalue weighted by molar-refractivity contribution is -0.0527. The maximum absolute atomic E-state index is 12.6. The first kappa shape index (κ1) is 25.9. The Kier molecular flexibility index (Phi) is 6.84. The van der Waals surface area contributed by atoms with Gasteiger partial charge in [-0.05, 0) is 18.9 Å². The van der Waals surface area contributed by atoms with Crippen molar-refractivity contribution in [2.24, 2.45) is 0 Å². The minimum atomic E-state index is -3.02. The SMILES string of the molecule is O=C(Nc1nc2c(s1)[C@@H]1COC[C@H](C2)N1c1ncc(-c2cccc(OC(F)F)n2)o1)NC1CCS(=O)(=O)CC1. The van der Waals surface area contributed by atoms with Gasteiger partial charge in [0.15, 0.2) is 10.9 Å². The van der Waals surface area contributed by atoms with Gasteiger partial charge in [0, 0.05) is 18.5 Å². The van der Waals surface area contributed by atoms with Crippen molar-refractivity contribution in [3.63, 3.8) is 0 Å². The molecule has 0 saturated carbocycles. The van der Waals surface area contributed by atoms with Gasteiger partial charge in [0.25, 0.3) is 6.01 Å². The molecule has 2 fully saturated rings. The molecule has 0 radical (unpaired) electrons. The van der Waals surface area contributed by atoms with Crippen LogP contribution in [0.5, 0.6) is 5.88 Å². The third-order valence-corrected chi connectivity index (χ3v) is 9.61. The molecular formula is C23H24F2N6O6S2. The van der Waals surface area contributed by atoms with E-state index in [1.807, 2.05) is 4.90 Å². The molecule has 39 heavy (non-hydrogen) atoms. The number of morpholine rings is 1. The average Bonchev–Trinajstić information content (AvgIpc) is 3.52. The summed E-state index contributed by atoms with van der Waals surface area (Å²) in [6.07, 6.45) is 2.80. The van der Waals surface area contributed by atoms with E-state index < -0.39 is 22.5 Å². The number of aromatic nitrogens is 3. The van der Waals surface area contributed by atoms with E-state index in [1.165, 1.54) is 29.7 Å². The van der Waals surface area contributed by atoms with Gasteiger partial charge in [-0.3, -0.25) is 5.32 Å². The zero-order valence-electron chi connectivity index (χ0n) is 20.4. The number of ether oxygens (including phenoxy) is 2. The summed E-state index contributed by atoms with van der Waals surface area (Å²) in [5.74, 6) is 0.204. The number of carbonyl (C=O) groups excluding carboxylic acids is 1. The van der Waals surface area contributed by atoms with Crippen LogP contribution in [0, 0.1) is 0 Å². The number of sulfone groups is 1. The summed E-state index contributed by atoms with van der Waals surface area (Å²) < 4.78 is 64.6. The Labute approximate surface area is 225 Å². The topological polar surface area (TPSA) is 149 Å². The number of hydrogen-bond donors (Lipinski definition) is 2. The first-order chi connectivity index (χ1) is 18.7. The molecule has 2 bridgehead atoms. The third kappa shape index (κ3) is 5.53. The first-order valence-corrected chi connectivity index (χ1v) is 14.9. The van der Waals surface area contributed by atoms with E-state index in [4.69, 9.17) is 9.15 Å². The molecule has 0 aliphatic carbocycles. The molecule has 3 aromatic rings. The Morgan fingerprint density at radius 2 is 2.03 bits per heavy atom. The van der Waals surface area contributed by atoms with Crippen LogP contribution in [0.2, 0.25) is 0 Å². The molecule has 3 aliphatic rings. The van der Waals surface area contributed by atoms with Gasteiger partial charge in [0.1, 0.15) is 15.5 Å². The van der Waals surface area contributed by atoms with Gasteiger partial charge in [-0.15, -0.1) is 0 Å². The van der Waals surface area contributed by atoms with Crippen LogP contribution in [0.4, 0.5) is 24.7 Å². The second-order valence-corrected chi connectivity index (χ2v) is 12.8. The van der Waals surface area contributed by atoms with Crippen LogP contribution >= 0.6 is 11.3 Å². The van der Waals surface area contributed by atoms with E-state index in [0.29, 0.717) is 55.1 Å². The number of amides is 2. The van der Waals surface area contributed by atoms with E-state index in [-0.39, 0.29) is 35.5 Å². The molecule has 3 aliphatic heterocycles. The molecule has 2 atom stereocenters. The quantitative estimate of drug-likeness (QED) is 0.444. The molecule has 16 heteroatoms. The van der Waals surface area contributed by atoms with Crippen LogP contribution in [0.1, 0.15) is 29.5 Å². The number of carbonyl (C=O) groups is 1. The second-order valence-electron chi connectivity index (χ2n) is 9.42. The maximum Gasteiger partial charge on any atom is 0.388 e. The lowest BCUT2D eigenvalue weighted by atomic mass is 9.97. The van der Waals surface area contributed by atoms with Crippen LogP contribution in [0.15, 0.2) is 28.8 Å². The van der Waals surface area contributed by atoms with Crippen LogP contribution in [-0.4, -0.2) is 72.8 Å². The van der Waals surface area contributed by atoms with Crippen LogP contribution < -0.4 is 20.3 Å². The molecule has 2 N–H and O–H groups in total. The minimum absolute atomic E-state index is 0.0654. The normalized spacial score (nSPS) is 22.4. The number of rotatable bonds is 6. The number of pyridine rings is 1. The highest BCUT2D eigenvalue weighted by Gasteiger charge is 2.43. The van der Waals surface area contributed by atoms with Gasteiger partial charge >= 0.3 is 12.6 Å². The van der Waals surface area contributed by atoms with Crippen molar-refractivity contribution in [2.45, 2.75) is 44.0 Å². The fourth-order valence-corrected chi connectivity index (χ4v) is 7.55. The van der Waals surface area contributed by atoms with Gasteiger partial charge in [-0.25, -0.2) is 28.2 Å². The molecule has 3 aromatic heterocycles. The number of halogens is 2. The monoisotopic (exact) mass is 582 g/mol. The highest BCUT2D eigenvalue weighted by Crippen LogP contribution is 2.43. The number of nitrogens with zero attached hydrogens (tertiary/aromatic N) is 4. The summed E-state index contributed by atoms with van der Waals surface area (Å²) in [4.78, 5) is 28.6. The van der Waals surface area contributed by atoms with Crippen molar-refractivity contribution >= 4 is 38.4 Å². The minimum Gasteiger partial charge on any atom is -0.422 e. The predicted molar refractivity (Wildman–Crippen MR) is 136 cm³/mol. The highest BCUT2D eigenvalue weighted by atomic mass is 32.2. The standard InChI is InChI=1S/C23H24F2N6O6S2/c24-20(25)37-18-3-1-2-14(28-18)17-9-26-23(36-17)31-13-8-15-19(16(31)11-35-10-13)38-22(29-15)30-21(32)27-12-4-6-39(33,34)7-5-12/h1-3,9,12-13,16,20H,4-8,10-11H2,(H2,27,29,30,32)/t13-,16-/m0/s1. The number of hydrogen-bond acceptors (Lipinski definition) is 11. The van der Waals surface area contributed by atoms with Gasteiger partial charge in [-0.2, -0.15) is 8.78 Å². The van der Waals surface area contributed by atoms with E-state index in [9.17, 15) is 22.0 Å². The number of nitrogens with one attached hydrogen (secondary N) is 2. The summed E-state index contributed by atoms with van der Waals surface area (Å²) in [5.41, 5.74) is 1.16. The first-order valence-electron chi connectivity index (χ1n) is 12.3. The highest BCUT2D eigenvalue weighted by molar-refractivity contribution is 7.91. The smallest absolute Gasteiger partial charge is 0.388 e. The molecule has 0 aromatic carbocycles. The molecule has 6 rings (SSSR count). The van der Waals surface area contributed by atoms with Crippen LogP contribution in [-0.2, 0) is 21.0 Å². The number of thiazole rings is 1. The van der Waals surface area contributed by atoms with E-state index in [2.05, 4.69) is 30.3 Å². The number of oxazole rings is 1. The zero-order valence-corrected chi connectivity index (χ0v) is 22.0. The lowest BCUT2D eigenvalue weighted by Gasteiger charge is -2.43.